The Morgan fingerprint density at radius 2 is 2.04 bits per heavy atom. The van der Waals surface area contributed by atoms with Crippen LogP contribution in [-0.2, 0) is 10.4 Å². The third-order valence-electron chi connectivity index (χ3n) is 3.87. The summed E-state index contributed by atoms with van der Waals surface area (Å²) in [5.41, 5.74) is -0.877. The molecule has 1 amide bonds. The molecule has 1 aliphatic rings. The molecule has 0 saturated heterocycles. The number of amides is 1. The van der Waals surface area contributed by atoms with Gasteiger partial charge in [0.25, 0.3) is 5.91 Å². The molecular weight excluding hydrogens is 318 g/mol. The molecule has 1 atom stereocenters. The van der Waals surface area contributed by atoms with Gasteiger partial charge in [-0.3, -0.25) is 9.59 Å². The van der Waals surface area contributed by atoms with Crippen molar-refractivity contribution in [1.82, 2.24) is 0 Å². The molecule has 0 unspecified atom stereocenters. The van der Waals surface area contributed by atoms with Crippen LogP contribution in [-0.4, -0.2) is 23.9 Å². The summed E-state index contributed by atoms with van der Waals surface area (Å²) in [5, 5.41) is 13.7. The molecule has 6 heteroatoms. The van der Waals surface area contributed by atoms with E-state index in [-0.39, 0.29) is 0 Å². The molecule has 0 bridgehead atoms. The molecule has 0 saturated carbocycles. The van der Waals surface area contributed by atoms with Crippen LogP contribution in [0.3, 0.4) is 0 Å². The van der Waals surface area contributed by atoms with E-state index in [1.54, 1.807) is 36.4 Å². The van der Waals surface area contributed by atoms with Gasteiger partial charge in [0.15, 0.2) is 11.4 Å². The zero-order valence-electron chi connectivity index (χ0n) is 12.3. The number of halogens is 1. The quantitative estimate of drug-likeness (QED) is 0.845. The predicted molar refractivity (Wildman–Crippen MR) is 85.9 cm³/mol. The highest BCUT2D eigenvalue weighted by atomic mass is 35.5. The Morgan fingerprint density at radius 3 is 2.78 bits per heavy atom. The van der Waals surface area contributed by atoms with Crippen LogP contribution in [0.1, 0.15) is 22.3 Å². The average Bonchev–Trinajstić information content (AvgIpc) is 2.78. The van der Waals surface area contributed by atoms with Gasteiger partial charge in [-0.05, 0) is 30.3 Å². The molecule has 0 aromatic heterocycles. The zero-order chi connectivity index (χ0) is 16.6. The summed E-state index contributed by atoms with van der Waals surface area (Å²) in [5.74, 6) is -0.642. The van der Waals surface area contributed by atoms with Crippen molar-refractivity contribution in [2.45, 2.75) is 12.0 Å². The number of hydrogen-bond donors (Lipinski definition) is 2. The molecule has 2 N–H and O–H groups in total. The fraction of sp³-hybridized carbons (Fsp3) is 0.176. The van der Waals surface area contributed by atoms with Crippen LogP contribution in [0.5, 0.6) is 5.75 Å². The Bertz CT molecular complexity index is 805. The van der Waals surface area contributed by atoms with E-state index in [4.69, 9.17) is 16.3 Å². The van der Waals surface area contributed by atoms with Crippen molar-refractivity contribution in [1.29, 1.82) is 0 Å². The molecule has 2 aromatic rings. The highest BCUT2D eigenvalue weighted by Crippen LogP contribution is 2.40. The van der Waals surface area contributed by atoms with E-state index in [9.17, 15) is 14.7 Å². The van der Waals surface area contributed by atoms with Crippen LogP contribution in [0.2, 0.25) is 5.02 Å². The minimum atomic E-state index is -1.95. The Hall–Kier alpha value is -2.37. The largest absolute Gasteiger partial charge is 0.496 e. The highest BCUT2D eigenvalue weighted by molar-refractivity contribution is 6.31. The number of methoxy groups -OCH3 is 1. The van der Waals surface area contributed by atoms with Crippen molar-refractivity contribution < 1.29 is 19.4 Å². The summed E-state index contributed by atoms with van der Waals surface area (Å²) < 4.78 is 5.16. The first-order valence-electron chi connectivity index (χ1n) is 6.96. The molecule has 23 heavy (non-hydrogen) atoms. The molecule has 3 rings (SSSR count). The average molecular weight is 332 g/mol. The van der Waals surface area contributed by atoms with E-state index < -0.39 is 23.7 Å². The minimum Gasteiger partial charge on any atom is -0.496 e. The lowest BCUT2D eigenvalue weighted by Gasteiger charge is -2.20. The number of benzene rings is 2. The van der Waals surface area contributed by atoms with Gasteiger partial charge in [-0.15, -0.1) is 0 Å². The number of ether oxygens (including phenoxy) is 1. The van der Waals surface area contributed by atoms with Crippen LogP contribution in [0.4, 0.5) is 5.69 Å². The summed E-state index contributed by atoms with van der Waals surface area (Å²) in [4.78, 5) is 24.8. The Kier molecular flexibility index (Phi) is 3.83. The maximum absolute atomic E-state index is 12.6. The second-order valence-electron chi connectivity index (χ2n) is 5.30. The maximum atomic E-state index is 12.6. The topological polar surface area (TPSA) is 75.6 Å². The number of anilines is 1. The smallest absolute Gasteiger partial charge is 0.261 e. The summed E-state index contributed by atoms with van der Waals surface area (Å²) >= 11 is 5.94. The lowest BCUT2D eigenvalue weighted by atomic mass is 9.88. The number of Topliss-reactive ketones (excluding diaryl/α,β-unsaturated/α-hetero) is 1. The summed E-state index contributed by atoms with van der Waals surface area (Å²) in [6.07, 6.45) is -0.396. The number of rotatable bonds is 4. The second-order valence-corrected chi connectivity index (χ2v) is 5.74. The van der Waals surface area contributed by atoms with E-state index in [2.05, 4.69) is 5.32 Å². The normalized spacial score (nSPS) is 19.2. The van der Waals surface area contributed by atoms with Gasteiger partial charge in [-0.2, -0.15) is 0 Å². The third kappa shape index (κ3) is 2.58. The van der Waals surface area contributed by atoms with Crippen LogP contribution >= 0.6 is 11.6 Å². The number of aliphatic hydroxyl groups is 1. The lowest BCUT2D eigenvalue weighted by Crippen LogP contribution is -2.36. The molecule has 0 aliphatic carbocycles. The van der Waals surface area contributed by atoms with Gasteiger partial charge in [0.05, 0.1) is 19.1 Å². The van der Waals surface area contributed by atoms with Gasteiger partial charge in [-0.25, -0.2) is 0 Å². The highest BCUT2D eigenvalue weighted by Gasteiger charge is 2.47. The number of nitrogens with one attached hydrogen (secondary N) is 1. The van der Waals surface area contributed by atoms with Crippen molar-refractivity contribution in [3.05, 3.63) is 58.6 Å². The number of hydrogen-bond acceptors (Lipinski definition) is 4. The fourth-order valence-corrected chi connectivity index (χ4v) is 2.87. The Labute approximate surface area is 137 Å². The molecule has 2 aromatic carbocycles. The van der Waals surface area contributed by atoms with Crippen molar-refractivity contribution in [3.8, 4) is 5.75 Å². The zero-order valence-corrected chi connectivity index (χ0v) is 13.1. The molecule has 1 aliphatic heterocycles. The van der Waals surface area contributed by atoms with Crippen molar-refractivity contribution >= 4 is 29.0 Å². The second kappa shape index (κ2) is 5.68. The van der Waals surface area contributed by atoms with Gasteiger partial charge >= 0.3 is 0 Å². The summed E-state index contributed by atoms with van der Waals surface area (Å²) in [6.45, 7) is 0. The van der Waals surface area contributed by atoms with E-state index in [1.165, 1.54) is 13.2 Å². The maximum Gasteiger partial charge on any atom is 0.261 e. The van der Waals surface area contributed by atoms with Gasteiger partial charge < -0.3 is 15.2 Å². The van der Waals surface area contributed by atoms with Gasteiger partial charge in [-0.1, -0.05) is 23.7 Å². The number of carbonyl (C=O) groups is 2. The van der Waals surface area contributed by atoms with Crippen LogP contribution < -0.4 is 10.1 Å². The van der Waals surface area contributed by atoms with Gasteiger partial charge in [0.1, 0.15) is 5.75 Å². The van der Waals surface area contributed by atoms with E-state index in [1.807, 2.05) is 0 Å². The molecule has 1 heterocycles. The summed E-state index contributed by atoms with van der Waals surface area (Å²) in [7, 11) is 1.46. The molecule has 0 spiro atoms. The lowest BCUT2D eigenvalue weighted by molar-refractivity contribution is -0.133. The van der Waals surface area contributed by atoms with Crippen molar-refractivity contribution in [2.24, 2.45) is 0 Å². The van der Waals surface area contributed by atoms with E-state index >= 15 is 0 Å². The summed E-state index contributed by atoms with van der Waals surface area (Å²) in [6, 6.07) is 11.4. The Morgan fingerprint density at radius 1 is 1.30 bits per heavy atom. The van der Waals surface area contributed by atoms with Gasteiger partial charge in [0.2, 0.25) is 0 Å². The molecule has 0 radical (unpaired) electrons. The van der Waals surface area contributed by atoms with Crippen LogP contribution in [0.15, 0.2) is 42.5 Å². The molecule has 0 fully saturated rings. The molecule has 5 nitrogen and oxygen atoms in total. The first-order valence-corrected chi connectivity index (χ1v) is 7.33. The predicted octanol–water partition coefficient (Wildman–Crippen LogP) is 2.76. The van der Waals surface area contributed by atoms with Crippen molar-refractivity contribution in [2.75, 3.05) is 12.4 Å². The molecule has 118 valence electrons. The van der Waals surface area contributed by atoms with E-state index in [0.29, 0.717) is 27.6 Å². The van der Waals surface area contributed by atoms with Crippen LogP contribution in [0.25, 0.3) is 0 Å². The van der Waals surface area contributed by atoms with E-state index in [0.717, 1.165) is 0 Å². The fourth-order valence-electron chi connectivity index (χ4n) is 2.69. The first kappa shape index (κ1) is 15.5. The van der Waals surface area contributed by atoms with Crippen molar-refractivity contribution in [3.63, 3.8) is 0 Å². The first-order chi connectivity index (χ1) is 11.0. The monoisotopic (exact) mass is 331 g/mol. The Balaban J connectivity index is 1.98. The number of para-hydroxylation sites is 1. The number of ketones is 1. The third-order valence-corrected chi connectivity index (χ3v) is 4.11. The minimum absolute atomic E-state index is 0.304. The standard InChI is InChI=1S/C17H14ClNO4/c1-23-15-5-3-2-4-11(15)14(20)9-17(22)12-8-10(18)6-7-13(12)19-16(17)21/h2-8,22H,9H2,1H3,(H,19,21)/t17-/m1/s1. The molecular formula is C17H14ClNO4. The SMILES string of the molecule is COc1ccccc1C(=O)C[C@]1(O)C(=O)Nc2ccc(Cl)cc21. The number of fused-ring (bicyclic) bond motifs is 1. The van der Waals surface area contributed by atoms with Crippen LogP contribution in [0, 0.1) is 0 Å². The number of carbonyl (C=O) groups excluding carboxylic acids is 2. The van der Waals surface area contributed by atoms with Gasteiger partial charge in [0, 0.05) is 16.3 Å².